The first-order valence-corrected chi connectivity index (χ1v) is 7.38. The second-order valence-electron chi connectivity index (χ2n) is 5.54. The molecule has 0 aliphatic rings. The van der Waals surface area contributed by atoms with Crippen molar-refractivity contribution < 1.29 is 4.74 Å². The number of nitrogens with one attached hydrogen (secondary N) is 1. The van der Waals surface area contributed by atoms with Crippen LogP contribution in [0.4, 0.5) is 0 Å². The maximum Gasteiger partial charge on any atom is 0.0528 e. The highest BCUT2D eigenvalue weighted by Gasteiger charge is 2.22. The molecule has 0 spiro atoms. The molecule has 0 bridgehead atoms. The minimum Gasteiger partial charge on any atom is -0.384 e. The van der Waals surface area contributed by atoms with Gasteiger partial charge in [-0.2, -0.15) is 0 Å². The molecule has 0 aromatic carbocycles. The molecule has 0 heterocycles. The molecule has 0 aromatic rings. The zero-order valence-corrected chi connectivity index (χ0v) is 12.5. The summed E-state index contributed by atoms with van der Waals surface area (Å²) in [5, 5.41) is 3.45. The number of ether oxygens (including phenoxy) is 1. The lowest BCUT2D eigenvalue weighted by atomic mass is 9.85. The molecule has 0 rings (SSSR count). The zero-order valence-electron chi connectivity index (χ0n) is 12.5. The van der Waals surface area contributed by atoms with E-state index in [1.54, 1.807) is 0 Å². The lowest BCUT2D eigenvalue weighted by Gasteiger charge is -2.29. The van der Waals surface area contributed by atoms with Crippen molar-refractivity contribution in [1.29, 1.82) is 0 Å². The van der Waals surface area contributed by atoms with E-state index in [1.807, 2.05) is 7.11 Å². The van der Waals surface area contributed by atoms with Gasteiger partial charge in [0.25, 0.3) is 0 Å². The standard InChI is InChI=1S/C15H33NO/c1-5-7-8-9-10-11-12-15(3,14-17-4)13-16-6-2/h16H,5-14H2,1-4H3. The molecule has 1 N–H and O–H groups in total. The zero-order chi connectivity index (χ0) is 13.0. The molecular weight excluding hydrogens is 210 g/mol. The molecule has 1 unspecified atom stereocenters. The third-order valence-electron chi connectivity index (χ3n) is 3.43. The highest BCUT2D eigenvalue weighted by molar-refractivity contribution is 4.76. The van der Waals surface area contributed by atoms with E-state index in [9.17, 15) is 0 Å². The van der Waals surface area contributed by atoms with Gasteiger partial charge in [-0.25, -0.2) is 0 Å². The molecule has 0 aliphatic carbocycles. The minimum atomic E-state index is 0.315. The van der Waals surface area contributed by atoms with Gasteiger partial charge in [-0.3, -0.25) is 0 Å². The highest BCUT2D eigenvalue weighted by atomic mass is 16.5. The van der Waals surface area contributed by atoms with E-state index < -0.39 is 0 Å². The van der Waals surface area contributed by atoms with Crippen LogP contribution in [0.25, 0.3) is 0 Å². The van der Waals surface area contributed by atoms with E-state index in [0.717, 1.165) is 19.7 Å². The van der Waals surface area contributed by atoms with Crippen LogP contribution in [0.2, 0.25) is 0 Å². The monoisotopic (exact) mass is 243 g/mol. The fourth-order valence-corrected chi connectivity index (χ4v) is 2.32. The van der Waals surface area contributed by atoms with Crippen molar-refractivity contribution >= 4 is 0 Å². The van der Waals surface area contributed by atoms with Crippen molar-refractivity contribution in [2.45, 2.75) is 65.7 Å². The molecular formula is C15H33NO. The third kappa shape index (κ3) is 9.61. The first-order valence-electron chi connectivity index (χ1n) is 7.38. The molecule has 2 heteroatoms. The van der Waals surface area contributed by atoms with Gasteiger partial charge >= 0.3 is 0 Å². The second kappa shape index (κ2) is 11.0. The SMILES string of the molecule is CCCCCCCCC(C)(CNCC)COC. The van der Waals surface area contributed by atoms with Crippen molar-refractivity contribution in [3.8, 4) is 0 Å². The lowest BCUT2D eigenvalue weighted by Crippen LogP contribution is -2.35. The summed E-state index contributed by atoms with van der Waals surface area (Å²) in [5.41, 5.74) is 0.315. The van der Waals surface area contributed by atoms with Gasteiger partial charge in [0.05, 0.1) is 6.61 Å². The van der Waals surface area contributed by atoms with E-state index >= 15 is 0 Å². The third-order valence-corrected chi connectivity index (χ3v) is 3.43. The topological polar surface area (TPSA) is 21.3 Å². The van der Waals surface area contributed by atoms with Crippen LogP contribution in [-0.2, 0) is 4.74 Å². The molecule has 0 aliphatic heterocycles. The summed E-state index contributed by atoms with van der Waals surface area (Å²) in [6.45, 7) is 9.77. The summed E-state index contributed by atoms with van der Waals surface area (Å²) < 4.78 is 5.36. The Balaban J connectivity index is 3.68. The minimum absolute atomic E-state index is 0.315. The average molecular weight is 243 g/mol. The number of hydrogen-bond acceptors (Lipinski definition) is 2. The maximum atomic E-state index is 5.36. The van der Waals surface area contributed by atoms with Gasteiger partial charge in [-0.15, -0.1) is 0 Å². The fourth-order valence-electron chi connectivity index (χ4n) is 2.32. The first-order chi connectivity index (χ1) is 8.18. The predicted octanol–water partition coefficient (Wildman–Crippen LogP) is 4.00. The van der Waals surface area contributed by atoms with Gasteiger partial charge in [-0.05, 0) is 13.0 Å². The molecule has 104 valence electrons. The van der Waals surface area contributed by atoms with Crippen LogP contribution in [0.5, 0.6) is 0 Å². The Bertz CT molecular complexity index is 161. The Morgan fingerprint density at radius 3 is 2.24 bits per heavy atom. The smallest absolute Gasteiger partial charge is 0.0528 e. The van der Waals surface area contributed by atoms with Crippen LogP contribution in [0.3, 0.4) is 0 Å². The van der Waals surface area contributed by atoms with E-state index in [-0.39, 0.29) is 0 Å². The van der Waals surface area contributed by atoms with E-state index in [0.29, 0.717) is 5.41 Å². The van der Waals surface area contributed by atoms with Crippen molar-refractivity contribution in [2.24, 2.45) is 5.41 Å². The van der Waals surface area contributed by atoms with Gasteiger partial charge in [0, 0.05) is 19.1 Å². The highest BCUT2D eigenvalue weighted by Crippen LogP contribution is 2.24. The van der Waals surface area contributed by atoms with Gasteiger partial charge < -0.3 is 10.1 Å². The molecule has 0 fully saturated rings. The summed E-state index contributed by atoms with van der Waals surface area (Å²) in [6, 6.07) is 0. The summed E-state index contributed by atoms with van der Waals surface area (Å²) >= 11 is 0. The normalized spacial score (nSPS) is 14.8. The Kier molecular flexibility index (Phi) is 11.0. The van der Waals surface area contributed by atoms with Crippen molar-refractivity contribution in [3.05, 3.63) is 0 Å². The van der Waals surface area contributed by atoms with Crippen LogP contribution in [-0.4, -0.2) is 26.8 Å². The van der Waals surface area contributed by atoms with Crippen molar-refractivity contribution in [2.75, 3.05) is 26.8 Å². The molecule has 0 amide bonds. The molecule has 1 atom stereocenters. The Morgan fingerprint density at radius 1 is 1.00 bits per heavy atom. The predicted molar refractivity (Wildman–Crippen MR) is 76.5 cm³/mol. The molecule has 17 heavy (non-hydrogen) atoms. The van der Waals surface area contributed by atoms with Crippen molar-refractivity contribution in [3.63, 3.8) is 0 Å². The molecule has 0 radical (unpaired) electrons. The van der Waals surface area contributed by atoms with Crippen LogP contribution in [0.1, 0.15) is 65.7 Å². The van der Waals surface area contributed by atoms with Crippen molar-refractivity contribution in [1.82, 2.24) is 5.32 Å². The second-order valence-corrected chi connectivity index (χ2v) is 5.54. The van der Waals surface area contributed by atoms with Crippen LogP contribution in [0, 0.1) is 5.41 Å². The summed E-state index contributed by atoms with van der Waals surface area (Å²) in [4.78, 5) is 0. The molecule has 0 saturated carbocycles. The Morgan fingerprint density at radius 2 is 1.65 bits per heavy atom. The fraction of sp³-hybridized carbons (Fsp3) is 1.00. The molecule has 2 nitrogen and oxygen atoms in total. The molecule has 0 aromatic heterocycles. The van der Waals surface area contributed by atoms with Crippen LogP contribution >= 0.6 is 0 Å². The summed E-state index contributed by atoms with van der Waals surface area (Å²) in [7, 11) is 1.81. The number of methoxy groups -OCH3 is 1. The first kappa shape index (κ1) is 16.9. The van der Waals surface area contributed by atoms with Crippen LogP contribution in [0.15, 0.2) is 0 Å². The lowest BCUT2D eigenvalue weighted by molar-refractivity contribution is 0.0828. The van der Waals surface area contributed by atoms with E-state index in [2.05, 4.69) is 26.1 Å². The quantitative estimate of drug-likeness (QED) is 0.523. The van der Waals surface area contributed by atoms with E-state index in [1.165, 1.54) is 44.9 Å². The summed E-state index contributed by atoms with van der Waals surface area (Å²) in [5.74, 6) is 0. The average Bonchev–Trinajstić information content (AvgIpc) is 2.32. The van der Waals surface area contributed by atoms with Gasteiger partial charge in [0.2, 0.25) is 0 Å². The maximum absolute atomic E-state index is 5.36. The van der Waals surface area contributed by atoms with Crippen LogP contribution < -0.4 is 5.32 Å². The largest absolute Gasteiger partial charge is 0.384 e. The Hall–Kier alpha value is -0.0800. The number of unbranched alkanes of at least 4 members (excludes halogenated alkanes) is 5. The number of hydrogen-bond donors (Lipinski definition) is 1. The van der Waals surface area contributed by atoms with Gasteiger partial charge in [0.15, 0.2) is 0 Å². The van der Waals surface area contributed by atoms with E-state index in [4.69, 9.17) is 4.74 Å². The molecule has 0 saturated heterocycles. The van der Waals surface area contributed by atoms with Gasteiger partial charge in [0.1, 0.15) is 0 Å². The Labute approximate surface area is 109 Å². The number of rotatable bonds is 12. The summed E-state index contributed by atoms with van der Waals surface area (Å²) in [6.07, 6.45) is 9.54. The van der Waals surface area contributed by atoms with Gasteiger partial charge in [-0.1, -0.05) is 59.3 Å².